The molecule has 1 unspecified atom stereocenters. The van der Waals surface area contributed by atoms with E-state index in [0.29, 0.717) is 26.1 Å². The van der Waals surface area contributed by atoms with E-state index in [4.69, 9.17) is 5.73 Å². The van der Waals surface area contributed by atoms with Crippen molar-refractivity contribution in [2.24, 2.45) is 11.7 Å². The van der Waals surface area contributed by atoms with Crippen LogP contribution >= 0.6 is 0 Å². The summed E-state index contributed by atoms with van der Waals surface area (Å²) in [6.07, 6.45) is 0.712. The zero-order valence-electron chi connectivity index (χ0n) is 10.2. The van der Waals surface area contributed by atoms with Crippen LogP contribution in [-0.4, -0.2) is 41.9 Å². The molecular formula is C11H21N3O2. The fourth-order valence-corrected chi connectivity index (χ4v) is 1.95. The number of nitrogens with zero attached hydrogens (tertiary/aromatic N) is 1. The number of amides is 2. The molecule has 0 radical (unpaired) electrons. The lowest BCUT2D eigenvalue weighted by Crippen LogP contribution is -2.64. The van der Waals surface area contributed by atoms with Crippen LogP contribution in [0.5, 0.6) is 0 Å². The third-order valence-electron chi connectivity index (χ3n) is 3.24. The van der Waals surface area contributed by atoms with Gasteiger partial charge < -0.3 is 16.0 Å². The number of hydrogen-bond acceptors (Lipinski definition) is 3. The zero-order valence-corrected chi connectivity index (χ0v) is 10.2. The van der Waals surface area contributed by atoms with Crippen LogP contribution in [0.1, 0.15) is 27.2 Å². The zero-order chi connectivity index (χ0) is 12.3. The highest BCUT2D eigenvalue weighted by Gasteiger charge is 2.41. The van der Waals surface area contributed by atoms with Gasteiger partial charge in [-0.3, -0.25) is 9.59 Å². The van der Waals surface area contributed by atoms with Crippen LogP contribution in [0.2, 0.25) is 0 Å². The van der Waals surface area contributed by atoms with Gasteiger partial charge in [-0.15, -0.1) is 0 Å². The fourth-order valence-electron chi connectivity index (χ4n) is 1.95. The standard InChI is InChI=1S/C11H21N3O2/c1-4-8(7-12)9(15)14-6-5-13-10(16)11(14,2)3/h8H,4-7,12H2,1-3H3,(H,13,16). The second-order valence-electron chi connectivity index (χ2n) is 4.65. The highest BCUT2D eigenvalue weighted by Crippen LogP contribution is 2.21. The summed E-state index contributed by atoms with van der Waals surface area (Å²) >= 11 is 0. The number of hydrogen-bond donors (Lipinski definition) is 2. The van der Waals surface area contributed by atoms with Crippen molar-refractivity contribution in [1.29, 1.82) is 0 Å². The van der Waals surface area contributed by atoms with Crippen LogP contribution < -0.4 is 11.1 Å². The molecule has 1 fully saturated rings. The third kappa shape index (κ3) is 2.19. The predicted molar refractivity (Wildman–Crippen MR) is 61.6 cm³/mol. The van der Waals surface area contributed by atoms with E-state index in [9.17, 15) is 9.59 Å². The minimum absolute atomic E-state index is 0.00940. The first-order valence-electron chi connectivity index (χ1n) is 5.75. The molecule has 0 bridgehead atoms. The first-order valence-corrected chi connectivity index (χ1v) is 5.75. The molecule has 5 heteroatoms. The normalized spacial score (nSPS) is 21.5. The maximum absolute atomic E-state index is 12.2. The molecule has 0 aliphatic carbocycles. The summed E-state index contributed by atoms with van der Waals surface area (Å²) in [5.41, 5.74) is 4.80. The van der Waals surface area contributed by atoms with E-state index in [1.54, 1.807) is 18.7 Å². The Balaban J connectivity index is 2.85. The number of nitrogens with one attached hydrogen (secondary N) is 1. The van der Waals surface area contributed by atoms with Crippen molar-refractivity contribution in [3.05, 3.63) is 0 Å². The van der Waals surface area contributed by atoms with E-state index in [-0.39, 0.29) is 17.7 Å². The second kappa shape index (κ2) is 4.82. The lowest BCUT2D eigenvalue weighted by molar-refractivity contribution is -0.151. The van der Waals surface area contributed by atoms with Crippen LogP contribution in [0.3, 0.4) is 0 Å². The molecule has 1 atom stereocenters. The largest absolute Gasteiger partial charge is 0.352 e. The molecule has 1 heterocycles. The minimum atomic E-state index is -0.766. The van der Waals surface area contributed by atoms with Gasteiger partial charge in [0.15, 0.2) is 0 Å². The Bertz CT molecular complexity index is 285. The molecule has 16 heavy (non-hydrogen) atoms. The third-order valence-corrected chi connectivity index (χ3v) is 3.24. The van der Waals surface area contributed by atoms with Crippen LogP contribution in [0.15, 0.2) is 0 Å². The number of carbonyl (C=O) groups is 2. The number of carbonyl (C=O) groups excluding carboxylic acids is 2. The molecule has 1 rings (SSSR count). The summed E-state index contributed by atoms with van der Waals surface area (Å²) < 4.78 is 0. The Kier molecular flexibility index (Phi) is 3.91. The van der Waals surface area contributed by atoms with Crippen molar-refractivity contribution in [3.63, 3.8) is 0 Å². The van der Waals surface area contributed by atoms with Gasteiger partial charge in [0.1, 0.15) is 5.54 Å². The van der Waals surface area contributed by atoms with Gasteiger partial charge in [0, 0.05) is 19.6 Å². The van der Waals surface area contributed by atoms with E-state index in [1.807, 2.05) is 6.92 Å². The number of rotatable bonds is 3. The molecule has 2 amide bonds. The van der Waals surface area contributed by atoms with E-state index < -0.39 is 5.54 Å². The van der Waals surface area contributed by atoms with Gasteiger partial charge in [-0.05, 0) is 20.3 Å². The smallest absolute Gasteiger partial charge is 0.245 e. The van der Waals surface area contributed by atoms with Crippen LogP contribution in [0.4, 0.5) is 0 Å². The quantitative estimate of drug-likeness (QED) is 0.695. The molecule has 5 nitrogen and oxygen atoms in total. The fraction of sp³-hybridized carbons (Fsp3) is 0.818. The molecule has 0 aromatic heterocycles. The molecule has 0 aromatic rings. The Morgan fingerprint density at radius 1 is 1.62 bits per heavy atom. The molecular weight excluding hydrogens is 206 g/mol. The Labute approximate surface area is 96.4 Å². The molecule has 0 aromatic carbocycles. The first kappa shape index (κ1) is 13.0. The van der Waals surface area contributed by atoms with Crippen molar-refractivity contribution in [2.45, 2.75) is 32.7 Å². The molecule has 1 aliphatic rings. The number of piperazine rings is 1. The molecule has 0 saturated carbocycles. The average Bonchev–Trinajstić information content (AvgIpc) is 2.23. The van der Waals surface area contributed by atoms with Gasteiger partial charge in [-0.2, -0.15) is 0 Å². The first-order chi connectivity index (χ1) is 7.45. The Morgan fingerprint density at radius 2 is 2.25 bits per heavy atom. The Hall–Kier alpha value is -1.10. The second-order valence-corrected chi connectivity index (χ2v) is 4.65. The summed E-state index contributed by atoms with van der Waals surface area (Å²) in [6, 6.07) is 0. The monoisotopic (exact) mass is 227 g/mol. The van der Waals surface area contributed by atoms with Crippen molar-refractivity contribution in [2.75, 3.05) is 19.6 Å². The summed E-state index contributed by atoms with van der Waals surface area (Å²) in [5.74, 6) is -0.283. The molecule has 1 saturated heterocycles. The molecule has 1 aliphatic heterocycles. The van der Waals surface area contributed by atoms with E-state index in [1.165, 1.54) is 0 Å². The lowest BCUT2D eigenvalue weighted by Gasteiger charge is -2.42. The van der Waals surface area contributed by atoms with Gasteiger partial charge in [0.2, 0.25) is 11.8 Å². The maximum Gasteiger partial charge on any atom is 0.245 e. The lowest BCUT2D eigenvalue weighted by atomic mass is 9.95. The van der Waals surface area contributed by atoms with Gasteiger partial charge in [-0.1, -0.05) is 6.92 Å². The minimum Gasteiger partial charge on any atom is -0.352 e. The van der Waals surface area contributed by atoms with Gasteiger partial charge >= 0.3 is 0 Å². The SMILES string of the molecule is CCC(CN)C(=O)N1CCNC(=O)C1(C)C. The van der Waals surface area contributed by atoms with Gasteiger partial charge in [0.25, 0.3) is 0 Å². The molecule has 3 N–H and O–H groups in total. The van der Waals surface area contributed by atoms with Gasteiger partial charge in [-0.25, -0.2) is 0 Å². The van der Waals surface area contributed by atoms with E-state index in [0.717, 1.165) is 0 Å². The summed E-state index contributed by atoms with van der Waals surface area (Å²) in [7, 11) is 0. The number of nitrogens with two attached hydrogens (primary N) is 1. The maximum atomic E-state index is 12.2. The predicted octanol–water partition coefficient (Wildman–Crippen LogP) is -0.292. The van der Waals surface area contributed by atoms with Crippen LogP contribution in [0, 0.1) is 5.92 Å². The summed E-state index contributed by atoms with van der Waals surface area (Å²) in [5, 5.41) is 2.77. The van der Waals surface area contributed by atoms with Crippen molar-refractivity contribution >= 4 is 11.8 Å². The summed E-state index contributed by atoms with van der Waals surface area (Å²) in [6.45, 7) is 6.89. The van der Waals surface area contributed by atoms with E-state index in [2.05, 4.69) is 5.32 Å². The van der Waals surface area contributed by atoms with Crippen molar-refractivity contribution < 1.29 is 9.59 Å². The van der Waals surface area contributed by atoms with Crippen LogP contribution in [0.25, 0.3) is 0 Å². The summed E-state index contributed by atoms with van der Waals surface area (Å²) in [4.78, 5) is 25.5. The van der Waals surface area contributed by atoms with Crippen molar-refractivity contribution in [1.82, 2.24) is 10.2 Å². The highest BCUT2D eigenvalue weighted by atomic mass is 16.2. The average molecular weight is 227 g/mol. The highest BCUT2D eigenvalue weighted by molar-refractivity contribution is 5.92. The topological polar surface area (TPSA) is 75.4 Å². The Morgan fingerprint density at radius 3 is 2.75 bits per heavy atom. The van der Waals surface area contributed by atoms with Gasteiger partial charge in [0.05, 0.1) is 5.92 Å². The molecule has 0 spiro atoms. The van der Waals surface area contributed by atoms with Crippen LogP contribution in [-0.2, 0) is 9.59 Å². The van der Waals surface area contributed by atoms with Crippen molar-refractivity contribution in [3.8, 4) is 0 Å². The van der Waals surface area contributed by atoms with E-state index >= 15 is 0 Å². The molecule has 92 valence electrons.